The van der Waals surface area contributed by atoms with Gasteiger partial charge in [-0.2, -0.15) is 0 Å². The van der Waals surface area contributed by atoms with Crippen LogP contribution in [0.4, 0.5) is 0 Å². The number of esters is 2. The monoisotopic (exact) mass is 411 g/mol. The first-order valence-corrected chi connectivity index (χ1v) is 9.75. The molecule has 0 amide bonds. The lowest BCUT2D eigenvalue weighted by Crippen LogP contribution is -2.12. The maximum Gasteiger partial charge on any atom is 0.343 e. The molecule has 0 radical (unpaired) electrons. The fourth-order valence-corrected chi connectivity index (χ4v) is 3.34. The van der Waals surface area contributed by atoms with Crippen LogP contribution in [0, 0.1) is 6.92 Å². The standard InChI is InChI=1S/C23H25NO6/c1-5-28-17-9-7-16(8-10-17)24-15(3)22(23(26)29-6-2)19-13-18(11-12-20(19)24)30-14-21(25)27-4/h7-13H,5-6,14H2,1-4H3. The summed E-state index contributed by atoms with van der Waals surface area (Å²) in [6.07, 6.45) is 0. The largest absolute Gasteiger partial charge is 0.494 e. The average Bonchev–Trinajstić information content (AvgIpc) is 3.04. The predicted molar refractivity (Wildman–Crippen MR) is 113 cm³/mol. The SMILES string of the molecule is CCOC(=O)c1c(C)n(-c2ccc(OCC)cc2)c2ccc(OCC(=O)OC)cc12. The zero-order valence-electron chi connectivity index (χ0n) is 17.6. The van der Waals surface area contributed by atoms with E-state index >= 15 is 0 Å². The predicted octanol–water partition coefficient (Wildman–Crippen LogP) is 4.07. The Bertz CT molecular complexity index is 1050. The molecule has 0 N–H and O–H groups in total. The van der Waals surface area contributed by atoms with Crippen LogP contribution in [-0.4, -0.2) is 43.4 Å². The average molecular weight is 411 g/mol. The van der Waals surface area contributed by atoms with Gasteiger partial charge < -0.3 is 23.5 Å². The summed E-state index contributed by atoms with van der Waals surface area (Å²) in [4.78, 5) is 24.1. The van der Waals surface area contributed by atoms with Gasteiger partial charge in [-0.1, -0.05) is 0 Å². The van der Waals surface area contributed by atoms with Crippen LogP contribution in [0.1, 0.15) is 29.9 Å². The zero-order valence-corrected chi connectivity index (χ0v) is 17.6. The van der Waals surface area contributed by atoms with Crippen molar-refractivity contribution in [2.45, 2.75) is 20.8 Å². The molecule has 0 aliphatic carbocycles. The van der Waals surface area contributed by atoms with E-state index in [2.05, 4.69) is 4.74 Å². The minimum atomic E-state index is -0.483. The van der Waals surface area contributed by atoms with Gasteiger partial charge in [0.1, 0.15) is 11.5 Å². The molecule has 0 fully saturated rings. The summed E-state index contributed by atoms with van der Waals surface area (Å²) < 4.78 is 22.9. The van der Waals surface area contributed by atoms with Crippen molar-refractivity contribution in [3.63, 3.8) is 0 Å². The Hall–Kier alpha value is -3.48. The van der Waals surface area contributed by atoms with Gasteiger partial charge in [-0.25, -0.2) is 9.59 Å². The van der Waals surface area contributed by atoms with Crippen LogP contribution in [0.2, 0.25) is 0 Å². The number of ether oxygens (including phenoxy) is 4. The molecule has 0 spiro atoms. The second kappa shape index (κ2) is 9.35. The second-order valence-corrected chi connectivity index (χ2v) is 6.49. The first-order valence-electron chi connectivity index (χ1n) is 9.75. The second-order valence-electron chi connectivity index (χ2n) is 6.49. The van der Waals surface area contributed by atoms with Gasteiger partial charge in [0.05, 0.1) is 31.4 Å². The van der Waals surface area contributed by atoms with Gasteiger partial charge in [0.2, 0.25) is 0 Å². The van der Waals surface area contributed by atoms with E-state index in [-0.39, 0.29) is 13.2 Å². The summed E-state index contributed by atoms with van der Waals surface area (Å²) in [6.45, 7) is 6.22. The first kappa shape index (κ1) is 21.2. The smallest absolute Gasteiger partial charge is 0.343 e. The Kier molecular flexibility index (Phi) is 6.61. The zero-order chi connectivity index (χ0) is 21.7. The van der Waals surface area contributed by atoms with E-state index in [0.29, 0.717) is 23.3 Å². The third kappa shape index (κ3) is 4.25. The number of nitrogens with zero attached hydrogens (tertiary/aromatic N) is 1. The summed E-state index contributed by atoms with van der Waals surface area (Å²) in [5.41, 5.74) is 2.92. The number of aromatic nitrogens is 1. The van der Waals surface area contributed by atoms with Gasteiger partial charge in [-0.3, -0.25) is 0 Å². The third-order valence-electron chi connectivity index (χ3n) is 4.65. The van der Waals surface area contributed by atoms with Crippen molar-refractivity contribution < 1.29 is 28.5 Å². The van der Waals surface area contributed by atoms with Gasteiger partial charge in [-0.15, -0.1) is 0 Å². The molecule has 0 saturated carbocycles. The number of benzene rings is 2. The molecular formula is C23H25NO6. The molecule has 0 atom stereocenters. The number of fused-ring (bicyclic) bond motifs is 1. The topological polar surface area (TPSA) is 76.0 Å². The molecule has 3 aromatic rings. The van der Waals surface area contributed by atoms with E-state index in [1.807, 2.05) is 48.7 Å². The van der Waals surface area contributed by atoms with Crippen LogP contribution in [-0.2, 0) is 14.3 Å². The van der Waals surface area contributed by atoms with Crippen molar-refractivity contribution in [1.29, 1.82) is 0 Å². The number of hydrogen-bond donors (Lipinski definition) is 0. The molecule has 30 heavy (non-hydrogen) atoms. The lowest BCUT2D eigenvalue weighted by Gasteiger charge is -2.10. The maximum atomic E-state index is 12.7. The Morgan fingerprint density at radius 2 is 1.63 bits per heavy atom. The van der Waals surface area contributed by atoms with E-state index in [1.54, 1.807) is 19.1 Å². The van der Waals surface area contributed by atoms with Crippen LogP contribution in [0.5, 0.6) is 11.5 Å². The summed E-state index contributed by atoms with van der Waals surface area (Å²) >= 11 is 0. The van der Waals surface area contributed by atoms with Crippen molar-refractivity contribution >= 4 is 22.8 Å². The molecule has 7 nitrogen and oxygen atoms in total. The molecule has 0 aliphatic heterocycles. The van der Waals surface area contributed by atoms with Crippen LogP contribution in [0.3, 0.4) is 0 Å². The van der Waals surface area contributed by atoms with Gasteiger partial charge >= 0.3 is 11.9 Å². The minimum Gasteiger partial charge on any atom is -0.494 e. The fraction of sp³-hybridized carbons (Fsp3) is 0.304. The van der Waals surface area contributed by atoms with E-state index < -0.39 is 11.9 Å². The van der Waals surface area contributed by atoms with Crippen molar-refractivity contribution in [1.82, 2.24) is 4.57 Å². The highest BCUT2D eigenvalue weighted by molar-refractivity contribution is 6.07. The summed E-state index contributed by atoms with van der Waals surface area (Å²) in [5, 5.41) is 0.683. The Balaban J connectivity index is 2.11. The van der Waals surface area contributed by atoms with Gasteiger partial charge in [-0.05, 0) is 63.2 Å². The summed E-state index contributed by atoms with van der Waals surface area (Å²) in [7, 11) is 1.30. The normalized spacial score (nSPS) is 10.7. The molecule has 1 aromatic heterocycles. The van der Waals surface area contributed by atoms with E-state index in [9.17, 15) is 9.59 Å². The summed E-state index contributed by atoms with van der Waals surface area (Å²) in [5.74, 6) is 0.348. The molecule has 1 heterocycles. The van der Waals surface area contributed by atoms with Crippen LogP contribution >= 0.6 is 0 Å². The number of carbonyl (C=O) groups excluding carboxylic acids is 2. The van der Waals surface area contributed by atoms with Crippen molar-refractivity contribution in [3.05, 3.63) is 53.7 Å². The van der Waals surface area contributed by atoms with Crippen molar-refractivity contribution in [2.75, 3.05) is 26.9 Å². The van der Waals surface area contributed by atoms with E-state index in [1.165, 1.54) is 7.11 Å². The fourth-order valence-electron chi connectivity index (χ4n) is 3.34. The Morgan fingerprint density at radius 3 is 2.27 bits per heavy atom. The molecule has 0 unspecified atom stereocenters. The molecular weight excluding hydrogens is 386 g/mol. The van der Waals surface area contributed by atoms with Gasteiger partial charge in [0, 0.05) is 16.8 Å². The van der Waals surface area contributed by atoms with Gasteiger partial charge in [0.15, 0.2) is 6.61 Å². The summed E-state index contributed by atoms with van der Waals surface area (Å²) in [6, 6.07) is 13.0. The highest BCUT2D eigenvalue weighted by Crippen LogP contribution is 2.33. The maximum absolute atomic E-state index is 12.7. The quantitative estimate of drug-likeness (QED) is 0.520. The highest BCUT2D eigenvalue weighted by Gasteiger charge is 2.22. The molecule has 0 saturated heterocycles. The molecule has 7 heteroatoms. The van der Waals surface area contributed by atoms with Crippen molar-refractivity contribution in [3.8, 4) is 17.2 Å². The minimum absolute atomic E-state index is 0.213. The molecule has 158 valence electrons. The van der Waals surface area contributed by atoms with Crippen LogP contribution < -0.4 is 9.47 Å². The number of methoxy groups -OCH3 is 1. The van der Waals surface area contributed by atoms with Gasteiger partial charge in [0.25, 0.3) is 0 Å². The molecule has 3 rings (SSSR count). The first-order chi connectivity index (χ1) is 14.5. The van der Waals surface area contributed by atoms with E-state index in [4.69, 9.17) is 14.2 Å². The molecule has 2 aromatic carbocycles. The lowest BCUT2D eigenvalue weighted by atomic mass is 10.1. The Morgan fingerprint density at radius 1 is 0.933 bits per heavy atom. The van der Waals surface area contributed by atoms with E-state index in [0.717, 1.165) is 22.6 Å². The lowest BCUT2D eigenvalue weighted by molar-refractivity contribution is -0.142. The number of hydrogen-bond acceptors (Lipinski definition) is 6. The molecule has 0 bridgehead atoms. The molecule has 0 aliphatic rings. The van der Waals surface area contributed by atoms with Crippen LogP contribution in [0.15, 0.2) is 42.5 Å². The third-order valence-corrected chi connectivity index (χ3v) is 4.65. The van der Waals surface area contributed by atoms with Crippen molar-refractivity contribution in [2.24, 2.45) is 0 Å². The number of rotatable bonds is 8. The van der Waals surface area contributed by atoms with Crippen LogP contribution in [0.25, 0.3) is 16.6 Å². The number of carbonyl (C=O) groups is 2. The Labute approximate surface area is 175 Å². The highest BCUT2D eigenvalue weighted by atomic mass is 16.6.